The minimum absolute atomic E-state index is 0.0606. The lowest BCUT2D eigenvalue weighted by molar-refractivity contribution is 0.963. The number of nitrogens with two attached hydrogens (primary N) is 1. The molecule has 0 bridgehead atoms. The van der Waals surface area contributed by atoms with Crippen LogP contribution in [0.25, 0.3) is 0 Å². The van der Waals surface area contributed by atoms with Gasteiger partial charge in [0.15, 0.2) is 0 Å². The lowest BCUT2D eigenvalue weighted by atomic mass is 10.4. The molecule has 0 fully saturated rings. The molecular weight excluding hydrogens is 166 g/mol. The molecule has 0 saturated carbocycles. The first-order valence-corrected chi connectivity index (χ1v) is 4.14. The summed E-state index contributed by atoms with van der Waals surface area (Å²) in [5.74, 6) is 0.654. The maximum Gasteiger partial charge on any atom is 0.144 e. The summed E-state index contributed by atoms with van der Waals surface area (Å²) in [5, 5.41) is 10.2. The molecule has 0 saturated heterocycles. The summed E-state index contributed by atoms with van der Waals surface area (Å²) in [5.41, 5.74) is 5.63. The van der Waals surface area contributed by atoms with Gasteiger partial charge in [0.25, 0.3) is 0 Å². The Morgan fingerprint density at radius 1 is 1.54 bits per heavy atom. The number of nitrogens with one attached hydrogen (secondary N) is 2. The summed E-state index contributed by atoms with van der Waals surface area (Å²) in [6.07, 6.45) is 4.10. The SMILES string of the molecule is CCCNc1cnc(C(=N)N)cn1. The van der Waals surface area contributed by atoms with Gasteiger partial charge >= 0.3 is 0 Å². The molecule has 70 valence electrons. The number of nitrogen functional groups attached to an aromatic ring is 1. The second-order valence-corrected chi connectivity index (χ2v) is 2.63. The van der Waals surface area contributed by atoms with E-state index in [4.69, 9.17) is 11.1 Å². The molecule has 0 spiro atoms. The monoisotopic (exact) mass is 179 g/mol. The van der Waals surface area contributed by atoms with E-state index >= 15 is 0 Å². The molecule has 5 nitrogen and oxygen atoms in total. The molecule has 1 rings (SSSR count). The van der Waals surface area contributed by atoms with E-state index in [1.54, 1.807) is 6.20 Å². The van der Waals surface area contributed by atoms with Crippen molar-refractivity contribution < 1.29 is 0 Å². The van der Waals surface area contributed by atoms with Crippen LogP contribution in [0.2, 0.25) is 0 Å². The predicted molar refractivity (Wildman–Crippen MR) is 51.8 cm³/mol. The summed E-state index contributed by atoms with van der Waals surface area (Å²) in [6, 6.07) is 0. The summed E-state index contributed by atoms with van der Waals surface area (Å²) >= 11 is 0. The number of hydrogen-bond acceptors (Lipinski definition) is 4. The van der Waals surface area contributed by atoms with Gasteiger partial charge in [-0.15, -0.1) is 0 Å². The topological polar surface area (TPSA) is 87.7 Å². The zero-order chi connectivity index (χ0) is 9.68. The van der Waals surface area contributed by atoms with Gasteiger partial charge < -0.3 is 11.1 Å². The molecule has 1 heterocycles. The van der Waals surface area contributed by atoms with Gasteiger partial charge in [-0.25, -0.2) is 9.97 Å². The minimum atomic E-state index is -0.0606. The van der Waals surface area contributed by atoms with Gasteiger partial charge in [0, 0.05) is 6.54 Å². The summed E-state index contributed by atoms with van der Waals surface area (Å²) in [6.45, 7) is 2.94. The van der Waals surface area contributed by atoms with Crippen LogP contribution in [-0.4, -0.2) is 22.3 Å². The minimum Gasteiger partial charge on any atom is -0.382 e. The Morgan fingerprint density at radius 3 is 2.77 bits per heavy atom. The molecule has 0 aliphatic heterocycles. The van der Waals surface area contributed by atoms with Crippen molar-refractivity contribution >= 4 is 11.7 Å². The van der Waals surface area contributed by atoms with Crippen molar-refractivity contribution in [3.05, 3.63) is 18.1 Å². The fraction of sp³-hybridized carbons (Fsp3) is 0.375. The zero-order valence-electron chi connectivity index (χ0n) is 7.54. The van der Waals surface area contributed by atoms with E-state index in [9.17, 15) is 0 Å². The van der Waals surface area contributed by atoms with E-state index in [0.29, 0.717) is 11.5 Å². The van der Waals surface area contributed by atoms with Crippen LogP contribution in [0, 0.1) is 5.41 Å². The molecule has 0 unspecified atom stereocenters. The molecule has 13 heavy (non-hydrogen) atoms. The van der Waals surface area contributed by atoms with Crippen LogP contribution in [0.15, 0.2) is 12.4 Å². The Morgan fingerprint density at radius 2 is 2.31 bits per heavy atom. The smallest absolute Gasteiger partial charge is 0.144 e. The second-order valence-electron chi connectivity index (χ2n) is 2.63. The van der Waals surface area contributed by atoms with Crippen LogP contribution in [0.3, 0.4) is 0 Å². The van der Waals surface area contributed by atoms with Crippen molar-refractivity contribution in [3.63, 3.8) is 0 Å². The van der Waals surface area contributed by atoms with E-state index in [2.05, 4.69) is 22.2 Å². The zero-order valence-corrected chi connectivity index (χ0v) is 7.54. The molecule has 0 amide bonds. The average Bonchev–Trinajstić information content (AvgIpc) is 2.15. The molecule has 4 N–H and O–H groups in total. The van der Waals surface area contributed by atoms with Crippen LogP contribution in [0.4, 0.5) is 5.82 Å². The lowest BCUT2D eigenvalue weighted by Gasteiger charge is -2.02. The molecule has 0 atom stereocenters. The third-order valence-electron chi connectivity index (χ3n) is 1.48. The van der Waals surface area contributed by atoms with Crippen molar-refractivity contribution in [2.24, 2.45) is 5.73 Å². The Balaban J connectivity index is 2.64. The van der Waals surface area contributed by atoms with E-state index in [-0.39, 0.29) is 5.84 Å². The maximum absolute atomic E-state index is 7.10. The highest BCUT2D eigenvalue weighted by Gasteiger charge is 1.98. The third-order valence-corrected chi connectivity index (χ3v) is 1.48. The highest BCUT2D eigenvalue weighted by Crippen LogP contribution is 1.99. The third kappa shape index (κ3) is 2.70. The van der Waals surface area contributed by atoms with Gasteiger partial charge in [0.2, 0.25) is 0 Å². The first-order chi connectivity index (χ1) is 6.24. The van der Waals surface area contributed by atoms with Gasteiger partial charge in [0.1, 0.15) is 17.3 Å². The highest BCUT2D eigenvalue weighted by molar-refractivity contribution is 5.92. The van der Waals surface area contributed by atoms with Crippen molar-refractivity contribution in [3.8, 4) is 0 Å². The van der Waals surface area contributed by atoms with Crippen molar-refractivity contribution in [1.29, 1.82) is 5.41 Å². The van der Waals surface area contributed by atoms with Crippen LogP contribution in [-0.2, 0) is 0 Å². The Labute approximate surface area is 76.9 Å². The van der Waals surface area contributed by atoms with Crippen molar-refractivity contribution in [1.82, 2.24) is 9.97 Å². The van der Waals surface area contributed by atoms with Crippen LogP contribution >= 0.6 is 0 Å². The molecule has 1 aromatic rings. The normalized spacial score (nSPS) is 9.62. The lowest BCUT2D eigenvalue weighted by Crippen LogP contribution is -2.14. The summed E-state index contributed by atoms with van der Waals surface area (Å²) in [7, 11) is 0. The molecule has 0 aliphatic rings. The maximum atomic E-state index is 7.10. The Kier molecular flexibility index (Phi) is 3.19. The first-order valence-electron chi connectivity index (χ1n) is 4.14. The highest BCUT2D eigenvalue weighted by atomic mass is 15.0. The molecular formula is C8H13N5. The number of aromatic nitrogens is 2. The van der Waals surface area contributed by atoms with E-state index in [1.807, 2.05) is 0 Å². The summed E-state index contributed by atoms with van der Waals surface area (Å²) < 4.78 is 0. The largest absolute Gasteiger partial charge is 0.382 e. The number of anilines is 1. The van der Waals surface area contributed by atoms with E-state index in [1.165, 1.54) is 6.20 Å². The number of amidine groups is 1. The van der Waals surface area contributed by atoms with E-state index < -0.39 is 0 Å². The predicted octanol–water partition coefficient (Wildman–Crippen LogP) is 0.583. The fourth-order valence-electron chi connectivity index (χ4n) is 0.811. The van der Waals surface area contributed by atoms with Gasteiger partial charge in [0.05, 0.1) is 12.4 Å². The standard InChI is InChI=1S/C8H13N5/c1-2-3-11-7-5-12-6(4-13-7)8(9)10/h4-5H,2-3H2,1H3,(H3,9,10)(H,11,13). The quantitative estimate of drug-likeness (QED) is 0.466. The van der Waals surface area contributed by atoms with Crippen molar-refractivity contribution in [2.75, 3.05) is 11.9 Å². The summed E-state index contributed by atoms with van der Waals surface area (Å²) in [4.78, 5) is 8.00. The van der Waals surface area contributed by atoms with Crippen LogP contribution in [0.5, 0.6) is 0 Å². The molecule has 0 aliphatic carbocycles. The Hall–Kier alpha value is -1.65. The van der Waals surface area contributed by atoms with Gasteiger partial charge in [-0.3, -0.25) is 5.41 Å². The molecule has 0 aromatic carbocycles. The fourth-order valence-corrected chi connectivity index (χ4v) is 0.811. The number of rotatable bonds is 4. The second kappa shape index (κ2) is 4.39. The molecule has 0 radical (unpaired) electrons. The Bertz CT molecular complexity index is 279. The number of nitrogens with zero attached hydrogens (tertiary/aromatic N) is 2. The van der Waals surface area contributed by atoms with Crippen LogP contribution in [0.1, 0.15) is 19.0 Å². The van der Waals surface area contributed by atoms with Crippen LogP contribution < -0.4 is 11.1 Å². The average molecular weight is 179 g/mol. The van der Waals surface area contributed by atoms with Crippen molar-refractivity contribution in [2.45, 2.75) is 13.3 Å². The molecule has 5 heteroatoms. The first kappa shape index (κ1) is 9.44. The van der Waals surface area contributed by atoms with E-state index in [0.717, 1.165) is 13.0 Å². The van der Waals surface area contributed by atoms with Gasteiger partial charge in [-0.2, -0.15) is 0 Å². The molecule has 1 aromatic heterocycles. The number of hydrogen-bond donors (Lipinski definition) is 3. The van der Waals surface area contributed by atoms with Gasteiger partial charge in [-0.1, -0.05) is 6.92 Å². The van der Waals surface area contributed by atoms with Gasteiger partial charge in [-0.05, 0) is 6.42 Å².